The summed E-state index contributed by atoms with van der Waals surface area (Å²) in [4.78, 5) is 0. The molecule has 2 heterocycles. The Bertz CT molecular complexity index is 366. The van der Waals surface area contributed by atoms with Crippen LogP contribution in [0.15, 0.2) is 23.3 Å². The van der Waals surface area contributed by atoms with Gasteiger partial charge in [-0.1, -0.05) is 6.08 Å². The molecule has 2 bridgehead atoms. The first-order chi connectivity index (χ1) is 7.37. The molecule has 1 saturated carbocycles. The Balaban J connectivity index is 1.84. The number of hydrogen-bond acceptors (Lipinski definition) is 1. The van der Waals surface area contributed by atoms with E-state index in [0.717, 1.165) is 5.92 Å². The maximum atomic E-state index is 6.33. The van der Waals surface area contributed by atoms with Gasteiger partial charge >= 0.3 is 0 Å². The topological polar surface area (TPSA) is 9.23 Å². The van der Waals surface area contributed by atoms with Crippen LogP contribution in [0.4, 0.5) is 0 Å². The minimum Gasteiger partial charge on any atom is -0.363 e. The highest BCUT2D eigenvalue weighted by atomic mass is 16.5. The molecule has 1 saturated heterocycles. The molecule has 0 N–H and O–H groups in total. The fourth-order valence-corrected chi connectivity index (χ4v) is 4.15. The number of rotatable bonds is 0. The second-order valence-electron chi connectivity index (χ2n) is 5.61. The normalized spacial score (nSPS) is 46.9. The van der Waals surface area contributed by atoms with E-state index in [9.17, 15) is 0 Å². The van der Waals surface area contributed by atoms with Crippen molar-refractivity contribution >= 4 is 0 Å². The van der Waals surface area contributed by atoms with Crippen LogP contribution >= 0.6 is 0 Å². The molecule has 0 aromatic heterocycles. The molecule has 0 aromatic rings. The van der Waals surface area contributed by atoms with Gasteiger partial charge in [-0.05, 0) is 68.1 Å². The van der Waals surface area contributed by atoms with Gasteiger partial charge in [-0.3, -0.25) is 0 Å². The van der Waals surface area contributed by atoms with E-state index >= 15 is 0 Å². The van der Waals surface area contributed by atoms with Gasteiger partial charge in [0.2, 0.25) is 0 Å². The van der Waals surface area contributed by atoms with E-state index in [1.54, 1.807) is 11.1 Å². The van der Waals surface area contributed by atoms with Gasteiger partial charge in [0.15, 0.2) is 0 Å². The predicted octanol–water partition coefficient (Wildman–Crippen LogP) is 3.36. The Hall–Kier alpha value is -0.560. The van der Waals surface area contributed by atoms with E-state index in [1.165, 1.54) is 44.9 Å². The van der Waals surface area contributed by atoms with Crippen molar-refractivity contribution in [3.05, 3.63) is 23.3 Å². The summed E-state index contributed by atoms with van der Waals surface area (Å²) in [5, 5.41) is 0. The summed E-state index contributed by atoms with van der Waals surface area (Å²) in [6.07, 6.45) is 14.7. The Morgan fingerprint density at radius 3 is 3.33 bits per heavy atom. The molecule has 1 spiro atoms. The van der Waals surface area contributed by atoms with Crippen molar-refractivity contribution in [2.24, 2.45) is 5.92 Å². The average molecular weight is 202 g/mol. The highest BCUT2D eigenvalue weighted by Crippen LogP contribution is 2.55. The SMILES string of the molecule is C1=C2CCCC=C2C2CC3CCCC13O2. The molecule has 15 heavy (non-hydrogen) atoms. The Morgan fingerprint density at radius 1 is 1.33 bits per heavy atom. The van der Waals surface area contributed by atoms with Crippen molar-refractivity contribution in [2.75, 3.05) is 0 Å². The van der Waals surface area contributed by atoms with Crippen molar-refractivity contribution in [3.63, 3.8) is 0 Å². The largest absolute Gasteiger partial charge is 0.363 e. The lowest BCUT2D eigenvalue weighted by Crippen LogP contribution is -2.33. The molecule has 3 unspecified atom stereocenters. The number of fused-ring (bicyclic) bond motifs is 3. The first-order valence-corrected chi connectivity index (χ1v) is 6.47. The summed E-state index contributed by atoms with van der Waals surface area (Å²) in [5.41, 5.74) is 3.39. The summed E-state index contributed by atoms with van der Waals surface area (Å²) in [6, 6.07) is 0. The maximum absolute atomic E-state index is 6.33. The smallest absolute Gasteiger partial charge is 0.0905 e. The molecular weight excluding hydrogens is 184 g/mol. The van der Waals surface area contributed by atoms with Crippen LogP contribution in [-0.2, 0) is 4.74 Å². The third-order valence-electron chi connectivity index (χ3n) is 4.82. The van der Waals surface area contributed by atoms with E-state index in [2.05, 4.69) is 12.2 Å². The molecule has 0 aromatic carbocycles. The first-order valence-electron chi connectivity index (χ1n) is 6.47. The summed E-state index contributed by atoms with van der Waals surface area (Å²) >= 11 is 0. The number of ether oxygens (including phenoxy) is 1. The summed E-state index contributed by atoms with van der Waals surface area (Å²) in [7, 11) is 0. The molecule has 80 valence electrons. The van der Waals surface area contributed by atoms with Crippen molar-refractivity contribution in [2.45, 2.75) is 56.7 Å². The van der Waals surface area contributed by atoms with Gasteiger partial charge in [-0.25, -0.2) is 0 Å². The Morgan fingerprint density at radius 2 is 2.33 bits per heavy atom. The molecule has 3 atom stereocenters. The lowest BCUT2D eigenvalue weighted by molar-refractivity contribution is -0.00697. The lowest BCUT2D eigenvalue weighted by Gasteiger charge is -2.34. The summed E-state index contributed by atoms with van der Waals surface area (Å²) < 4.78 is 6.33. The lowest BCUT2D eigenvalue weighted by atomic mass is 9.86. The van der Waals surface area contributed by atoms with Crippen LogP contribution < -0.4 is 0 Å². The monoisotopic (exact) mass is 202 g/mol. The van der Waals surface area contributed by atoms with Crippen molar-refractivity contribution in [1.29, 1.82) is 0 Å². The molecule has 2 aliphatic heterocycles. The summed E-state index contributed by atoms with van der Waals surface area (Å²) in [6.45, 7) is 0. The van der Waals surface area contributed by atoms with Crippen LogP contribution in [0, 0.1) is 5.92 Å². The van der Waals surface area contributed by atoms with Crippen molar-refractivity contribution < 1.29 is 4.74 Å². The van der Waals surface area contributed by atoms with Crippen molar-refractivity contribution in [3.8, 4) is 0 Å². The van der Waals surface area contributed by atoms with Crippen LogP contribution in [0.3, 0.4) is 0 Å². The molecule has 4 aliphatic rings. The van der Waals surface area contributed by atoms with Crippen LogP contribution in [-0.4, -0.2) is 11.7 Å². The van der Waals surface area contributed by atoms with E-state index in [-0.39, 0.29) is 5.60 Å². The zero-order valence-electron chi connectivity index (χ0n) is 9.17. The molecular formula is C14H18O. The van der Waals surface area contributed by atoms with E-state index < -0.39 is 0 Å². The zero-order chi connectivity index (χ0) is 9.88. The molecule has 2 fully saturated rings. The van der Waals surface area contributed by atoms with E-state index in [1.807, 2.05) is 0 Å². The second kappa shape index (κ2) is 2.76. The van der Waals surface area contributed by atoms with Gasteiger partial charge in [-0.15, -0.1) is 0 Å². The van der Waals surface area contributed by atoms with E-state index in [4.69, 9.17) is 4.74 Å². The standard InChI is InChI=1S/C14H18O/c1-2-6-12-10(4-1)9-14-7-3-5-11(14)8-13(12)15-14/h6,9,11,13H,1-5,7-8H2. The molecule has 1 heteroatoms. The van der Waals surface area contributed by atoms with Gasteiger partial charge in [0.05, 0.1) is 11.7 Å². The molecule has 0 amide bonds. The fourth-order valence-electron chi connectivity index (χ4n) is 4.15. The second-order valence-corrected chi connectivity index (χ2v) is 5.61. The predicted molar refractivity (Wildman–Crippen MR) is 59.6 cm³/mol. The van der Waals surface area contributed by atoms with Crippen LogP contribution in [0.2, 0.25) is 0 Å². The Kier molecular flexibility index (Phi) is 1.58. The number of allylic oxidation sites excluding steroid dienone is 1. The summed E-state index contributed by atoms with van der Waals surface area (Å²) in [5.74, 6) is 0.835. The highest BCUT2D eigenvalue weighted by Gasteiger charge is 2.53. The highest BCUT2D eigenvalue weighted by molar-refractivity contribution is 5.44. The average Bonchev–Trinajstić information content (AvgIpc) is 2.72. The van der Waals surface area contributed by atoms with E-state index in [0.29, 0.717) is 6.10 Å². The molecule has 1 nitrogen and oxygen atoms in total. The maximum Gasteiger partial charge on any atom is 0.0905 e. The fraction of sp³-hybridized carbons (Fsp3) is 0.714. The van der Waals surface area contributed by atoms with Crippen molar-refractivity contribution in [1.82, 2.24) is 0 Å². The zero-order valence-corrected chi connectivity index (χ0v) is 9.17. The first kappa shape index (κ1) is 8.58. The van der Waals surface area contributed by atoms with Gasteiger partial charge in [0, 0.05) is 0 Å². The Labute approximate surface area is 91.2 Å². The van der Waals surface area contributed by atoms with Gasteiger partial charge < -0.3 is 4.74 Å². The van der Waals surface area contributed by atoms with Crippen LogP contribution in [0.1, 0.15) is 44.9 Å². The third kappa shape index (κ3) is 1.02. The van der Waals surface area contributed by atoms with Gasteiger partial charge in [-0.2, -0.15) is 0 Å². The molecule has 2 aliphatic carbocycles. The number of hydrogen-bond donors (Lipinski definition) is 0. The van der Waals surface area contributed by atoms with Gasteiger partial charge in [0.1, 0.15) is 0 Å². The van der Waals surface area contributed by atoms with Gasteiger partial charge in [0.25, 0.3) is 0 Å². The van der Waals surface area contributed by atoms with Crippen LogP contribution in [0.5, 0.6) is 0 Å². The third-order valence-corrected chi connectivity index (χ3v) is 4.82. The molecule has 0 radical (unpaired) electrons. The molecule has 4 rings (SSSR count). The minimum absolute atomic E-state index is 0.189. The quantitative estimate of drug-likeness (QED) is 0.585. The minimum atomic E-state index is 0.189. The van der Waals surface area contributed by atoms with Crippen LogP contribution in [0.25, 0.3) is 0 Å².